The van der Waals surface area contributed by atoms with Crippen molar-refractivity contribution < 1.29 is 9.53 Å². The van der Waals surface area contributed by atoms with Gasteiger partial charge < -0.3 is 4.74 Å². The molecule has 0 unspecified atom stereocenters. The second kappa shape index (κ2) is 8.09. The van der Waals surface area contributed by atoms with E-state index in [9.17, 15) is 4.79 Å². The molecule has 1 aromatic rings. The molecule has 0 aliphatic carbocycles. The van der Waals surface area contributed by atoms with E-state index in [2.05, 4.69) is 43.0 Å². The van der Waals surface area contributed by atoms with Gasteiger partial charge in [-0.05, 0) is 18.4 Å². The molecule has 130 valence electrons. The minimum Gasteiger partial charge on any atom is -0.377 e. The number of carbonyl (C=O) groups excluding carboxylic acids is 1. The number of hydrogen-bond acceptors (Lipinski definition) is 3. The Morgan fingerprint density at radius 3 is 2.75 bits per heavy atom. The lowest BCUT2D eigenvalue weighted by atomic mass is 9.76. The second-order valence-corrected chi connectivity index (χ2v) is 7.10. The molecule has 0 radical (unpaired) electrons. The molecule has 2 heterocycles. The van der Waals surface area contributed by atoms with Gasteiger partial charge in [0.05, 0.1) is 6.61 Å². The third kappa shape index (κ3) is 3.62. The maximum Gasteiger partial charge on any atom is 0.142 e. The molecule has 0 amide bonds. The number of carbonyl (C=O) groups is 1. The van der Waals surface area contributed by atoms with Crippen molar-refractivity contribution in [2.45, 2.75) is 51.8 Å². The number of rotatable bonds is 7. The summed E-state index contributed by atoms with van der Waals surface area (Å²) in [5, 5.41) is 0. The van der Waals surface area contributed by atoms with E-state index < -0.39 is 0 Å². The Balaban J connectivity index is 1.56. The summed E-state index contributed by atoms with van der Waals surface area (Å²) in [5.41, 5.74) is 1.20. The van der Waals surface area contributed by atoms with Crippen LogP contribution in [0, 0.1) is 11.8 Å². The highest BCUT2D eigenvalue weighted by Crippen LogP contribution is 2.36. The molecule has 1 saturated heterocycles. The normalized spacial score (nSPS) is 29.8. The number of hydrogen-bond donors (Lipinski definition) is 0. The fourth-order valence-electron chi connectivity index (χ4n) is 4.27. The molecule has 0 saturated carbocycles. The standard InChI is InChI=1S/C21H29NO2/c1-3-8-18-20-11-7-13-22(20)19(16(2)21(18)23)12-14-24-15-17-9-5-4-6-10-17/h4-7,9-11,16,18-20H,3,8,12-15H2,1-2H3/t16-,18-,19+,20-/m0/s1. The third-order valence-corrected chi connectivity index (χ3v) is 5.53. The van der Waals surface area contributed by atoms with Crippen molar-refractivity contribution in [3.8, 4) is 0 Å². The van der Waals surface area contributed by atoms with Gasteiger partial charge in [-0.3, -0.25) is 9.69 Å². The monoisotopic (exact) mass is 327 g/mol. The molecular formula is C21H29NO2. The molecule has 3 heteroatoms. The molecule has 1 aromatic carbocycles. The number of Topliss-reactive ketones (excluding diaryl/α,β-unsaturated/α-hetero) is 1. The lowest BCUT2D eigenvalue weighted by molar-refractivity contribution is -0.136. The van der Waals surface area contributed by atoms with Gasteiger partial charge in [0.1, 0.15) is 5.78 Å². The third-order valence-electron chi connectivity index (χ3n) is 5.53. The van der Waals surface area contributed by atoms with Crippen LogP contribution in [-0.4, -0.2) is 35.9 Å². The van der Waals surface area contributed by atoms with E-state index >= 15 is 0 Å². The lowest BCUT2D eigenvalue weighted by Crippen LogP contribution is -2.56. The van der Waals surface area contributed by atoms with Gasteiger partial charge in [-0.1, -0.05) is 62.8 Å². The van der Waals surface area contributed by atoms with E-state index in [1.54, 1.807) is 0 Å². The Bertz CT molecular complexity index is 568. The quantitative estimate of drug-likeness (QED) is 0.563. The maximum absolute atomic E-state index is 12.8. The Morgan fingerprint density at radius 2 is 2.00 bits per heavy atom. The number of benzene rings is 1. The minimum atomic E-state index is 0.109. The van der Waals surface area contributed by atoms with Crippen molar-refractivity contribution in [1.29, 1.82) is 0 Å². The fraction of sp³-hybridized carbons (Fsp3) is 0.571. The van der Waals surface area contributed by atoms with Crippen molar-refractivity contribution in [1.82, 2.24) is 4.90 Å². The van der Waals surface area contributed by atoms with E-state index in [1.807, 2.05) is 18.2 Å². The molecule has 0 bridgehead atoms. The van der Waals surface area contributed by atoms with Crippen LogP contribution in [0.1, 0.15) is 38.7 Å². The highest BCUT2D eigenvalue weighted by atomic mass is 16.5. The van der Waals surface area contributed by atoms with Crippen LogP contribution in [0.2, 0.25) is 0 Å². The molecule has 0 spiro atoms. The Labute approximate surface area is 145 Å². The highest BCUT2D eigenvalue weighted by molar-refractivity contribution is 5.86. The molecule has 4 atom stereocenters. The van der Waals surface area contributed by atoms with Gasteiger partial charge >= 0.3 is 0 Å². The Hall–Kier alpha value is -1.45. The van der Waals surface area contributed by atoms with E-state index in [-0.39, 0.29) is 11.8 Å². The van der Waals surface area contributed by atoms with Crippen molar-refractivity contribution in [3.05, 3.63) is 48.0 Å². The first-order chi connectivity index (χ1) is 11.7. The van der Waals surface area contributed by atoms with Crippen molar-refractivity contribution in [3.63, 3.8) is 0 Å². The minimum absolute atomic E-state index is 0.109. The fourth-order valence-corrected chi connectivity index (χ4v) is 4.27. The van der Waals surface area contributed by atoms with Gasteiger partial charge in [0.25, 0.3) is 0 Å². The van der Waals surface area contributed by atoms with E-state index in [0.29, 0.717) is 31.1 Å². The van der Waals surface area contributed by atoms with Crippen LogP contribution in [0.3, 0.4) is 0 Å². The topological polar surface area (TPSA) is 29.5 Å². The van der Waals surface area contributed by atoms with Crippen LogP contribution in [-0.2, 0) is 16.1 Å². The first-order valence-corrected chi connectivity index (χ1v) is 9.30. The average Bonchev–Trinajstić information content (AvgIpc) is 3.08. The van der Waals surface area contributed by atoms with Crippen molar-refractivity contribution in [2.75, 3.05) is 13.2 Å². The zero-order valence-electron chi connectivity index (χ0n) is 14.9. The number of fused-ring (bicyclic) bond motifs is 1. The molecule has 2 aliphatic heterocycles. The molecule has 1 fully saturated rings. The zero-order valence-corrected chi connectivity index (χ0v) is 14.9. The SMILES string of the molecule is CCC[C@@H]1C(=O)[C@@H](C)[C@@H](CCOCc2ccccc2)N2CC=C[C@@H]12. The molecule has 0 N–H and O–H groups in total. The van der Waals surface area contributed by atoms with Gasteiger partial charge in [0.15, 0.2) is 0 Å². The maximum atomic E-state index is 12.8. The summed E-state index contributed by atoms with van der Waals surface area (Å²) in [4.78, 5) is 15.3. The summed E-state index contributed by atoms with van der Waals surface area (Å²) < 4.78 is 5.87. The van der Waals surface area contributed by atoms with E-state index in [0.717, 1.165) is 25.8 Å². The van der Waals surface area contributed by atoms with Crippen LogP contribution in [0.15, 0.2) is 42.5 Å². The van der Waals surface area contributed by atoms with Crippen molar-refractivity contribution >= 4 is 5.78 Å². The van der Waals surface area contributed by atoms with Crippen LogP contribution in [0.5, 0.6) is 0 Å². The molecule has 2 aliphatic rings. The second-order valence-electron chi connectivity index (χ2n) is 7.10. The van der Waals surface area contributed by atoms with E-state index in [1.165, 1.54) is 5.56 Å². The first kappa shape index (κ1) is 17.4. The van der Waals surface area contributed by atoms with Crippen LogP contribution < -0.4 is 0 Å². The molecular weight excluding hydrogens is 298 g/mol. The summed E-state index contributed by atoms with van der Waals surface area (Å²) in [5.74, 6) is 0.751. The molecule has 3 rings (SSSR count). The van der Waals surface area contributed by atoms with Crippen LogP contribution in [0.25, 0.3) is 0 Å². The smallest absolute Gasteiger partial charge is 0.142 e. The van der Waals surface area contributed by atoms with Gasteiger partial charge in [-0.25, -0.2) is 0 Å². The van der Waals surface area contributed by atoms with Gasteiger partial charge in [0.2, 0.25) is 0 Å². The van der Waals surface area contributed by atoms with Gasteiger partial charge in [0, 0.05) is 37.1 Å². The summed E-state index contributed by atoms with van der Waals surface area (Å²) in [6.07, 6.45) is 7.49. The van der Waals surface area contributed by atoms with Crippen molar-refractivity contribution in [2.24, 2.45) is 11.8 Å². The average molecular weight is 327 g/mol. The zero-order chi connectivity index (χ0) is 16.9. The lowest BCUT2D eigenvalue weighted by Gasteiger charge is -2.45. The summed E-state index contributed by atoms with van der Waals surface area (Å²) >= 11 is 0. The summed E-state index contributed by atoms with van der Waals surface area (Å²) in [7, 11) is 0. The number of nitrogens with zero attached hydrogens (tertiary/aromatic N) is 1. The van der Waals surface area contributed by atoms with Crippen LogP contribution >= 0.6 is 0 Å². The number of ether oxygens (including phenoxy) is 1. The van der Waals surface area contributed by atoms with E-state index in [4.69, 9.17) is 4.74 Å². The Morgan fingerprint density at radius 1 is 1.21 bits per heavy atom. The van der Waals surface area contributed by atoms with Crippen LogP contribution in [0.4, 0.5) is 0 Å². The molecule has 0 aromatic heterocycles. The predicted octanol–water partition coefficient (Wildman–Crippen LogP) is 3.84. The van der Waals surface area contributed by atoms with Gasteiger partial charge in [-0.15, -0.1) is 0 Å². The highest BCUT2D eigenvalue weighted by Gasteiger charge is 2.45. The molecule has 24 heavy (non-hydrogen) atoms. The Kier molecular flexibility index (Phi) is 5.85. The summed E-state index contributed by atoms with van der Waals surface area (Å²) in [6, 6.07) is 10.9. The largest absolute Gasteiger partial charge is 0.377 e. The number of piperidine rings is 1. The predicted molar refractivity (Wildman–Crippen MR) is 96.7 cm³/mol. The number of ketones is 1. The first-order valence-electron chi connectivity index (χ1n) is 9.30. The molecule has 3 nitrogen and oxygen atoms in total. The van der Waals surface area contributed by atoms with Gasteiger partial charge in [-0.2, -0.15) is 0 Å². The summed E-state index contributed by atoms with van der Waals surface area (Å²) in [6.45, 7) is 6.62.